The number of hydrogen-bond donors (Lipinski definition) is 0. The molecule has 3 heteroatoms. The number of thiazole rings is 1. The topological polar surface area (TPSA) is 30.0 Å². The molecule has 0 spiro atoms. The predicted octanol–water partition coefficient (Wildman–Crippen LogP) is 2.36. The first-order valence-corrected chi connectivity index (χ1v) is 5.57. The molecule has 0 radical (unpaired) electrons. The lowest BCUT2D eigenvalue weighted by Gasteiger charge is -1.94. The summed E-state index contributed by atoms with van der Waals surface area (Å²) >= 11 is 1.66. The zero-order chi connectivity index (χ0) is 9.26. The molecule has 0 aromatic carbocycles. The van der Waals surface area contributed by atoms with E-state index < -0.39 is 0 Å². The average Bonchev–Trinajstić information content (AvgIpc) is 2.87. The van der Waals surface area contributed by atoms with Gasteiger partial charge in [0.25, 0.3) is 0 Å². The number of Topliss-reactive ketones (excluding diaryl/α,β-unsaturated/α-hetero) is 1. The molecule has 0 atom stereocenters. The maximum Gasteiger partial charge on any atom is 0.136 e. The molecule has 0 N–H and O–H groups in total. The molecule has 1 saturated carbocycles. The van der Waals surface area contributed by atoms with Crippen molar-refractivity contribution < 1.29 is 4.79 Å². The summed E-state index contributed by atoms with van der Waals surface area (Å²) in [5.41, 5.74) is 1.07. The fourth-order valence-electron chi connectivity index (χ4n) is 1.36. The van der Waals surface area contributed by atoms with Crippen molar-refractivity contribution in [1.29, 1.82) is 0 Å². The first-order valence-electron chi connectivity index (χ1n) is 4.69. The van der Waals surface area contributed by atoms with Crippen LogP contribution < -0.4 is 0 Å². The van der Waals surface area contributed by atoms with E-state index in [4.69, 9.17) is 0 Å². The van der Waals surface area contributed by atoms with Crippen LogP contribution in [0.5, 0.6) is 0 Å². The fraction of sp³-hybridized carbons (Fsp3) is 0.600. The number of aromatic nitrogens is 1. The van der Waals surface area contributed by atoms with Crippen molar-refractivity contribution in [1.82, 2.24) is 4.98 Å². The Morgan fingerprint density at radius 1 is 1.69 bits per heavy atom. The van der Waals surface area contributed by atoms with E-state index in [0.717, 1.165) is 30.0 Å². The molecule has 1 heterocycles. The first-order chi connectivity index (χ1) is 6.25. The normalized spacial score (nSPS) is 16.1. The zero-order valence-corrected chi connectivity index (χ0v) is 8.56. The van der Waals surface area contributed by atoms with E-state index >= 15 is 0 Å². The highest BCUT2D eigenvalue weighted by Crippen LogP contribution is 2.31. The molecule has 2 nitrogen and oxygen atoms in total. The summed E-state index contributed by atoms with van der Waals surface area (Å²) in [6.07, 6.45) is 3.77. The van der Waals surface area contributed by atoms with Crippen LogP contribution in [-0.2, 0) is 11.2 Å². The number of carbonyl (C=O) groups is 1. The first kappa shape index (κ1) is 8.88. The number of aryl methyl sites for hydroxylation is 2. The lowest BCUT2D eigenvalue weighted by atomic mass is 10.1. The van der Waals surface area contributed by atoms with Gasteiger partial charge in [0, 0.05) is 29.8 Å². The standard InChI is InChI=1S/C10H13NOS/c1-7-6-13-10(11-7)5-4-9(12)8-2-3-8/h6,8H,2-5H2,1H3. The molecule has 13 heavy (non-hydrogen) atoms. The number of hydrogen-bond acceptors (Lipinski definition) is 3. The van der Waals surface area contributed by atoms with Gasteiger partial charge in [0.1, 0.15) is 5.78 Å². The quantitative estimate of drug-likeness (QED) is 0.738. The second-order valence-electron chi connectivity index (χ2n) is 3.62. The van der Waals surface area contributed by atoms with E-state index in [0.29, 0.717) is 18.1 Å². The Balaban J connectivity index is 1.81. The van der Waals surface area contributed by atoms with Gasteiger partial charge in [-0.15, -0.1) is 11.3 Å². The Labute approximate surface area is 82.0 Å². The van der Waals surface area contributed by atoms with Crippen LogP contribution in [0.1, 0.15) is 30.0 Å². The Hall–Kier alpha value is -0.700. The van der Waals surface area contributed by atoms with Gasteiger partial charge in [-0.3, -0.25) is 4.79 Å². The molecule has 2 rings (SSSR count). The molecule has 0 unspecified atom stereocenters. The van der Waals surface area contributed by atoms with Crippen LogP contribution >= 0.6 is 11.3 Å². The van der Waals surface area contributed by atoms with Crippen LogP contribution in [0.3, 0.4) is 0 Å². The third-order valence-corrected chi connectivity index (χ3v) is 3.31. The van der Waals surface area contributed by atoms with Crippen LogP contribution in [0.15, 0.2) is 5.38 Å². The molecule has 1 aromatic rings. The molecule has 70 valence electrons. The Kier molecular flexibility index (Phi) is 2.44. The molecule has 0 bridgehead atoms. The van der Waals surface area contributed by atoms with Gasteiger partial charge in [0.15, 0.2) is 0 Å². The SMILES string of the molecule is Cc1csc(CCC(=O)C2CC2)n1. The largest absolute Gasteiger partial charge is 0.299 e. The predicted molar refractivity (Wildman–Crippen MR) is 52.9 cm³/mol. The van der Waals surface area contributed by atoms with Crippen molar-refractivity contribution in [2.45, 2.75) is 32.6 Å². The van der Waals surface area contributed by atoms with Crippen LogP contribution in [0.25, 0.3) is 0 Å². The number of rotatable bonds is 4. The summed E-state index contributed by atoms with van der Waals surface area (Å²) in [6, 6.07) is 0. The van der Waals surface area contributed by atoms with Gasteiger partial charge in [-0.05, 0) is 19.8 Å². The number of nitrogens with zero attached hydrogens (tertiary/aromatic N) is 1. The van der Waals surface area contributed by atoms with Gasteiger partial charge in [0.2, 0.25) is 0 Å². The molecule has 1 aliphatic carbocycles. The van der Waals surface area contributed by atoms with Crippen LogP contribution in [0, 0.1) is 12.8 Å². The third-order valence-electron chi connectivity index (χ3n) is 2.28. The van der Waals surface area contributed by atoms with Gasteiger partial charge < -0.3 is 0 Å². The van der Waals surface area contributed by atoms with E-state index in [2.05, 4.69) is 4.98 Å². The maximum absolute atomic E-state index is 11.4. The van der Waals surface area contributed by atoms with E-state index in [1.54, 1.807) is 11.3 Å². The van der Waals surface area contributed by atoms with Gasteiger partial charge in [-0.25, -0.2) is 4.98 Å². The maximum atomic E-state index is 11.4. The van der Waals surface area contributed by atoms with Gasteiger partial charge >= 0.3 is 0 Å². The minimum absolute atomic E-state index is 0.404. The van der Waals surface area contributed by atoms with Crippen LogP contribution in [0.4, 0.5) is 0 Å². The van der Waals surface area contributed by atoms with E-state index in [-0.39, 0.29) is 0 Å². The van der Waals surface area contributed by atoms with Crippen molar-refractivity contribution in [3.63, 3.8) is 0 Å². The fourth-order valence-corrected chi connectivity index (χ4v) is 2.13. The van der Waals surface area contributed by atoms with Crippen molar-refractivity contribution in [3.8, 4) is 0 Å². The summed E-state index contributed by atoms with van der Waals surface area (Å²) in [7, 11) is 0. The minimum Gasteiger partial charge on any atom is -0.299 e. The van der Waals surface area contributed by atoms with Gasteiger partial charge in [-0.1, -0.05) is 0 Å². The van der Waals surface area contributed by atoms with Crippen molar-refractivity contribution >= 4 is 17.1 Å². The van der Waals surface area contributed by atoms with Crippen LogP contribution in [-0.4, -0.2) is 10.8 Å². The summed E-state index contributed by atoms with van der Waals surface area (Å²) in [5, 5.41) is 3.14. The summed E-state index contributed by atoms with van der Waals surface area (Å²) in [4.78, 5) is 15.7. The molecule has 0 saturated heterocycles. The van der Waals surface area contributed by atoms with Crippen LogP contribution in [0.2, 0.25) is 0 Å². The van der Waals surface area contributed by atoms with Crippen molar-refractivity contribution in [2.75, 3.05) is 0 Å². The second-order valence-corrected chi connectivity index (χ2v) is 4.57. The molecule has 1 aliphatic rings. The molecule has 0 aliphatic heterocycles. The van der Waals surface area contributed by atoms with E-state index in [1.807, 2.05) is 12.3 Å². The van der Waals surface area contributed by atoms with E-state index in [1.165, 1.54) is 0 Å². The zero-order valence-electron chi connectivity index (χ0n) is 7.75. The lowest BCUT2D eigenvalue weighted by molar-refractivity contribution is -0.120. The van der Waals surface area contributed by atoms with Gasteiger partial charge in [0.05, 0.1) is 5.01 Å². The van der Waals surface area contributed by atoms with Crippen molar-refractivity contribution in [3.05, 3.63) is 16.1 Å². The monoisotopic (exact) mass is 195 g/mol. The average molecular weight is 195 g/mol. The Morgan fingerprint density at radius 2 is 2.46 bits per heavy atom. The summed E-state index contributed by atoms with van der Waals surface area (Å²) in [5.74, 6) is 0.842. The molecular formula is C10H13NOS. The van der Waals surface area contributed by atoms with Gasteiger partial charge in [-0.2, -0.15) is 0 Å². The number of ketones is 1. The third kappa shape index (κ3) is 2.37. The smallest absolute Gasteiger partial charge is 0.136 e. The molecular weight excluding hydrogens is 182 g/mol. The molecule has 0 amide bonds. The highest BCUT2D eigenvalue weighted by Gasteiger charge is 2.28. The minimum atomic E-state index is 0.404. The number of carbonyl (C=O) groups excluding carboxylic acids is 1. The lowest BCUT2D eigenvalue weighted by Crippen LogP contribution is -2.01. The summed E-state index contributed by atoms with van der Waals surface area (Å²) in [6.45, 7) is 1.99. The van der Waals surface area contributed by atoms with Crippen molar-refractivity contribution in [2.24, 2.45) is 5.92 Å². The second kappa shape index (κ2) is 3.58. The van der Waals surface area contributed by atoms with E-state index in [9.17, 15) is 4.79 Å². The summed E-state index contributed by atoms with van der Waals surface area (Å²) < 4.78 is 0. The molecule has 1 fully saturated rings. The Bertz CT molecular complexity index is 314. The highest BCUT2D eigenvalue weighted by atomic mass is 32.1. The Morgan fingerprint density at radius 3 is 3.00 bits per heavy atom. The highest BCUT2D eigenvalue weighted by molar-refractivity contribution is 7.09. The molecule has 1 aromatic heterocycles.